The fourth-order valence-electron chi connectivity index (χ4n) is 2.92. The number of nitrogens with one attached hydrogen (secondary N) is 1. The molecule has 1 N–H and O–H groups in total. The van der Waals surface area contributed by atoms with Crippen molar-refractivity contribution < 1.29 is 31.2 Å². The van der Waals surface area contributed by atoms with Crippen molar-refractivity contribution in [3.63, 3.8) is 0 Å². The standard InChI is InChI=1S/C19H14F5N5O2/c20-12-2-1-3-14(6-12)29(17(30)18(21)9-25-10-18)8-13-5-4-11(7-26-13)15-27-28-16(31-15)19(22,23)24/h1-7,25H,8-10H2. The Morgan fingerprint density at radius 2 is 1.97 bits per heavy atom. The van der Waals surface area contributed by atoms with Crippen LogP contribution in [0, 0.1) is 5.82 Å². The van der Waals surface area contributed by atoms with E-state index in [4.69, 9.17) is 0 Å². The molecule has 1 fully saturated rings. The Morgan fingerprint density at radius 1 is 1.19 bits per heavy atom. The minimum atomic E-state index is -4.77. The van der Waals surface area contributed by atoms with E-state index in [9.17, 15) is 26.7 Å². The summed E-state index contributed by atoms with van der Waals surface area (Å²) >= 11 is 0. The topological polar surface area (TPSA) is 84.2 Å². The second kappa shape index (κ2) is 7.69. The van der Waals surface area contributed by atoms with E-state index in [1.807, 2.05) is 0 Å². The zero-order valence-electron chi connectivity index (χ0n) is 15.7. The van der Waals surface area contributed by atoms with Gasteiger partial charge in [0.2, 0.25) is 11.6 Å². The summed E-state index contributed by atoms with van der Waals surface area (Å²) in [5.41, 5.74) is -1.57. The molecule has 0 radical (unpaired) electrons. The molecule has 1 saturated heterocycles. The number of aromatic nitrogens is 3. The van der Waals surface area contributed by atoms with Crippen molar-refractivity contribution in [3.05, 3.63) is 60.0 Å². The number of alkyl halides is 4. The molecule has 162 valence electrons. The molecule has 0 bridgehead atoms. The molecular formula is C19H14F5N5O2. The number of carbonyl (C=O) groups is 1. The molecule has 1 aliphatic rings. The number of rotatable bonds is 5. The molecule has 3 heterocycles. The minimum Gasteiger partial charge on any atom is -0.413 e. The van der Waals surface area contributed by atoms with Crippen molar-refractivity contribution >= 4 is 11.6 Å². The Bertz CT molecular complexity index is 1100. The Balaban J connectivity index is 1.58. The van der Waals surface area contributed by atoms with Crippen LogP contribution < -0.4 is 10.2 Å². The van der Waals surface area contributed by atoms with Crippen molar-refractivity contribution in [1.29, 1.82) is 0 Å². The first-order chi connectivity index (χ1) is 14.7. The molecule has 0 saturated carbocycles. The summed E-state index contributed by atoms with van der Waals surface area (Å²) in [4.78, 5) is 17.9. The van der Waals surface area contributed by atoms with Crippen molar-refractivity contribution in [2.75, 3.05) is 18.0 Å². The summed E-state index contributed by atoms with van der Waals surface area (Å²) in [6.07, 6.45) is -3.59. The lowest BCUT2D eigenvalue weighted by Gasteiger charge is -2.37. The molecule has 0 spiro atoms. The third kappa shape index (κ3) is 4.24. The van der Waals surface area contributed by atoms with Crippen molar-refractivity contribution in [3.8, 4) is 11.5 Å². The van der Waals surface area contributed by atoms with E-state index in [0.29, 0.717) is 0 Å². The third-order valence-corrected chi connectivity index (χ3v) is 4.62. The van der Waals surface area contributed by atoms with Gasteiger partial charge in [-0.1, -0.05) is 6.07 Å². The van der Waals surface area contributed by atoms with E-state index in [1.165, 1.54) is 36.5 Å². The Morgan fingerprint density at radius 3 is 2.52 bits per heavy atom. The Labute approximate surface area is 171 Å². The maximum atomic E-state index is 14.7. The number of anilines is 1. The summed E-state index contributed by atoms with van der Waals surface area (Å²) in [7, 11) is 0. The van der Waals surface area contributed by atoms with E-state index < -0.39 is 29.5 Å². The van der Waals surface area contributed by atoms with Gasteiger partial charge in [0.25, 0.3) is 5.91 Å². The molecule has 12 heteroatoms. The maximum absolute atomic E-state index is 14.7. The van der Waals surface area contributed by atoms with Gasteiger partial charge in [-0.3, -0.25) is 9.78 Å². The fourth-order valence-corrected chi connectivity index (χ4v) is 2.92. The van der Waals surface area contributed by atoms with Gasteiger partial charge in [-0.2, -0.15) is 13.2 Å². The van der Waals surface area contributed by atoms with Crippen LogP contribution in [0.5, 0.6) is 0 Å². The molecule has 31 heavy (non-hydrogen) atoms. The quantitative estimate of drug-likeness (QED) is 0.615. The van der Waals surface area contributed by atoms with E-state index >= 15 is 0 Å². The molecular weight excluding hydrogens is 425 g/mol. The van der Waals surface area contributed by atoms with Gasteiger partial charge in [-0.25, -0.2) is 8.78 Å². The molecule has 3 aromatic rings. The average molecular weight is 439 g/mol. The largest absolute Gasteiger partial charge is 0.470 e. The smallest absolute Gasteiger partial charge is 0.413 e. The summed E-state index contributed by atoms with van der Waals surface area (Å²) in [6, 6.07) is 7.92. The highest BCUT2D eigenvalue weighted by atomic mass is 19.4. The van der Waals surface area contributed by atoms with Gasteiger partial charge < -0.3 is 14.6 Å². The van der Waals surface area contributed by atoms with Crippen LogP contribution in [-0.4, -0.2) is 39.8 Å². The minimum absolute atomic E-state index is 0.125. The highest BCUT2D eigenvalue weighted by Gasteiger charge is 2.47. The fraction of sp³-hybridized carbons (Fsp3) is 0.263. The Hall–Kier alpha value is -3.41. The second-order valence-corrected chi connectivity index (χ2v) is 6.89. The SMILES string of the molecule is O=C(N(Cc1ccc(-c2nnc(C(F)(F)F)o2)cn1)c1cccc(F)c1)C1(F)CNC1. The third-order valence-electron chi connectivity index (χ3n) is 4.62. The number of benzene rings is 1. The lowest BCUT2D eigenvalue weighted by molar-refractivity contribution is -0.157. The average Bonchev–Trinajstić information content (AvgIpc) is 3.21. The first-order valence-electron chi connectivity index (χ1n) is 8.99. The number of hydrogen-bond acceptors (Lipinski definition) is 6. The molecule has 1 aromatic carbocycles. The molecule has 7 nitrogen and oxygen atoms in total. The number of carbonyl (C=O) groups excluding carboxylic acids is 1. The number of pyridine rings is 1. The van der Waals surface area contributed by atoms with Gasteiger partial charge in [0.1, 0.15) is 5.82 Å². The zero-order chi connectivity index (χ0) is 22.2. The molecule has 0 unspecified atom stereocenters. The van der Waals surface area contributed by atoms with Crippen molar-refractivity contribution in [2.45, 2.75) is 18.4 Å². The number of nitrogens with zero attached hydrogens (tertiary/aromatic N) is 4. The van der Waals surface area contributed by atoms with E-state index in [0.717, 1.165) is 11.0 Å². The van der Waals surface area contributed by atoms with Crippen LogP contribution in [0.15, 0.2) is 47.0 Å². The first-order valence-corrected chi connectivity index (χ1v) is 8.99. The second-order valence-electron chi connectivity index (χ2n) is 6.89. The van der Waals surface area contributed by atoms with Crippen LogP contribution >= 0.6 is 0 Å². The molecule has 2 aromatic heterocycles. The van der Waals surface area contributed by atoms with Crippen LogP contribution in [-0.2, 0) is 17.5 Å². The maximum Gasteiger partial charge on any atom is 0.470 e. The van der Waals surface area contributed by atoms with E-state index in [1.54, 1.807) is 0 Å². The van der Waals surface area contributed by atoms with Crippen LogP contribution in [0.25, 0.3) is 11.5 Å². The summed E-state index contributed by atoms with van der Waals surface area (Å²) in [6.45, 7) is -0.517. The zero-order valence-corrected chi connectivity index (χ0v) is 15.7. The van der Waals surface area contributed by atoms with Crippen LogP contribution in [0.2, 0.25) is 0 Å². The molecule has 1 aliphatic heterocycles. The summed E-state index contributed by atoms with van der Waals surface area (Å²) in [5, 5.41) is 8.97. The monoisotopic (exact) mass is 439 g/mol. The number of amides is 1. The highest BCUT2D eigenvalue weighted by molar-refractivity contribution is 6.00. The Kier molecular flexibility index (Phi) is 5.17. The van der Waals surface area contributed by atoms with Crippen molar-refractivity contribution in [1.82, 2.24) is 20.5 Å². The van der Waals surface area contributed by atoms with Crippen LogP contribution in [0.1, 0.15) is 11.6 Å². The van der Waals surface area contributed by atoms with Gasteiger partial charge in [0.05, 0.1) is 17.8 Å². The van der Waals surface area contributed by atoms with Crippen molar-refractivity contribution in [2.24, 2.45) is 0 Å². The van der Waals surface area contributed by atoms with Gasteiger partial charge in [0.15, 0.2) is 0 Å². The highest BCUT2D eigenvalue weighted by Crippen LogP contribution is 2.30. The van der Waals surface area contributed by atoms with E-state index in [2.05, 4.69) is 24.9 Å². The predicted octanol–water partition coefficient (Wildman–Crippen LogP) is 3.13. The lowest BCUT2D eigenvalue weighted by atomic mass is 9.97. The molecule has 0 aliphatic carbocycles. The van der Waals surface area contributed by atoms with Crippen LogP contribution in [0.3, 0.4) is 0 Å². The summed E-state index contributed by atoms with van der Waals surface area (Å²) < 4.78 is 70.8. The molecule has 1 amide bonds. The first kappa shape index (κ1) is 20.8. The summed E-state index contributed by atoms with van der Waals surface area (Å²) in [5.74, 6) is -3.32. The molecule has 4 rings (SSSR count). The number of hydrogen-bond donors (Lipinski definition) is 1. The molecule has 0 atom stereocenters. The predicted molar refractivity (Wildman–Crippen MR) is 96.8 cm³/mol. The number of halogens is 5. The van der Waals surface area contributed by atoms with Crippen LogP contribution in [0.4, 0.5) is 27.6 Å². The normalized spacial score (nSPS) is 15.4. The van der Waals surface area contributed by atoms with Gasteiger partial charge in [-0.15, -0.1) is 10.2 Å². The lowest BCUT2D eigenvalue weighted by Crippen LogP contribution is -2.65. The van der Waals surface area contributed by atoms with Gasteiger partial charge in [0, 0.05) is 25.0 Å². The van der Waals surface area contributed by atoms with Gasteiger partial charge in [-0.05, 0) is 30.3 Å². The van der Waals surface area contributed by atoms with E-state index in [-0.39, 0.29) is 42.5 Å². The van der Waals surface area contributed by atoms with Gasteiger partial charge >= 0.3 is 12.1 Å².